The number of nitrogens with zero attached hydrogens (tertiary/aromatic N) is 2. The van der Waals surface area contributed by atoms with Gasteiger partial charge in [0.1, 0.15) is 18.0 Å². The summed E-state index contributed by atoms with van der Waals surface area (Å²) in [5.74, 6) is 0.370. The molecule has 8 nitrogen and oxygen atoms in total. The number of fused-ring (bicyclic) bond motifs is 10. The van der Waals surface area contributed by atoms with E-state index in [-0.39, 0.29) is 36.2 Å². The Bertz CT molecular complexity index is 1470. The van der Waals surface area contributed by atoms with Crippen LogP contribution in [-0.4, -0.2) is 47.0 Å². The van der Waals surface area contributed by atoms with Crippen molar-refractivity contribution in [3.63, 3.8) is 0 Å². The molecular formula is C30H30N4O4. The van der Waals surface area contributed by atoms with Gasteiger partial charge in [-0.25, -0.2) is 4.98 Å². The molecule has 4 aliphatic rings. The highest BCUT2D eigenvalue weighted by atomic mass is 16.5. The standard InChI is InChI=1S/C30H30N4O4/c1-15-9-26(31)33-16(2)25(15)12-32-29(35)17-3-7-21-23(10-17)28-24-11-18(4-8-22(24)27(21)38-28)30(36)34-13-19-5-6-20(14-34)37-19/h3-4,7-11,19-20,27-28H,5-6,12-14H2,1-2H3,(H2,31,33)(H,32,35). The van der Waals surface area contributed by atoms with Gasteiger partial charge in [0.05, 0.1) is 12.2 Å². The van der Waals surface area contributed by atoms with E-state index in [1.807, 2.05) is 61.2 Å². The van der Waals surface area contributed by atoms with Gasteiger partial charge in [0.2, 0.25) is 0 Å². The van der Waals surface area contributed by atoms with E-state index in [1.54, 1.807) is 0 Å². The second-order valence-electron chi connectivity index (χ2n) is 10.9. The zero-order valence-corrected chi connectivity index (χ0v) is 21.5. The van der Waals surface area contributed by atoms with Crippen molar-refractivity contribution in [2.75, 3.05) is 18.8 Å². The number of carbonyl (C=O) groups is 2. The minimum atomic E-state index is -0.280. The molecule has 38 heavy (non-hydrogen) atoms. The van der Waals surface area contributed by atoms with Crippen molar-refractivity contribution in [2.45, 2.75) is 57.6 Å². The fraction of sp³-hybridized carbons (Fsp3) is 0.367. The number of amides is 2. The maximum absolute atomic E-state index is 13.3. The number of hydrogen-bond acceptors (Lipinski definition) is 6. The summed E-state index contributed by atoms with van der Waals surface area (Å²) in [6.45, 7) is 5.55. The van der Waals surface area contributed by atoms with Gasteiger partial charge in [-0.3, -0.25) is 9.59 Å². The van der Waals surface area contributed by atoms with Gasteiger partial charge in [0.25, 0.3) is 11.8 Å². The number of nitrogens with two attached hydrogens (primary N) is 1. The first kappa shape index (κ1) is 23.4. The molecule has 194 valence electrons. The van der Waals surface area contributed by atoms with Gasteiger partial charge in [-0.05, 0) is 90.4 Å². The van der Waals surface area contributed by atoms with Crippen molar-refractivity contribution >= 4 is 17.6 Å². The molecule has 4 atom stereocenters. The molecule has 1 aromatic heterocycles. The Morgan fingerprint density at radius 3 is 2.24 bits per heavy atom. The maximum Gasteiger partial charge on any atom is 0.254 e. The highest BCUT2D eigenvalue weighted by Crippen LogP contribution is 2.54. The molecule has 0 aliphatic carbocycles. The lowest BCUT2D eigenvalue weighted by molar-refractivity contribution is -0.0303. The maximum atomic E-state index is 13.3. The third-order valence-electron chi connectivity index (χ3n) is 8.42. The predicted molar refractivity (Wildman–Crippen MR) is 141 cm³/mol. The van der Waals surface area contributed by atoms with Crippen molar-refractivity contribution in [1.29, 1.82) is 0 Å². The Morgan fingerprint density at radius 1 is 0.921 bits per heavy atom. The summed E-state index contributed by atoms with van der Waals surface area (Å²) in [6.07, 6.45) is 1.92. The van der Waals surface area contributed by atoms with Crippen LogP contribution in [0.2, 0.25) is 0 Å². The van der Waals surface area contributed by atoms with Gasteiger partial charge >= 0.3 is 0 Å². The number of rotatable bonds is 4. The number of aryl methyl sites for hydroxylation is 2. The number of morpholine rings is 1. The molecule has 4 aliphatic heterocycles. The van der Waals surface area contributed by atoms with Crippen molar-refractivity contribution in [2.24, 2.45) is 0 Å². The molecule has 3 aromatic rings. The smallest absolute Gasteiger partial charge is 0.254 e. The summed E-state index contributed by atoms with van der Waals surface area (Å²) < 4.78 is 12.2. The first-order valence-corrected chi connectivity index (χ1v) is 13.2. The van der Waals surface area contributed by atoms with Gasteiger partial charge < -0.3 is 25.4 Å². The molecule has 2 amide bonds. The lowest BCUT2D eigenvalue weighted by Gasteiger charge is -2.32. The number of anilines is 1. The summed E-state index contributed by atoms with van der Waals surface area (Å²) in [5, 5.41) is 3.02. The highest BCUT2D eigenvalue weighted by molar-refractivity contribution is 5.96. The minimum absolute atomic E-state index is 0.0480. The summed E-state index contributed by atoms with van der Waals surface area (Å²) in [5.41, 5.74) is 14.1. The van der Waals surface area contributed by atoms with Crippen LogP contribution in [0.5, 0.6) is 0 Å². The molecule has 4 unspecified atom stereocenters. The predicted octanol–water partition coefficient (Wildman–Crippen LogP) is 3.74. The molecule has 4 bridgehead atoms. The second kappa shape index (κ2) is 8.64. The van der Waals surface area contributed by atoms with E-state index in [0.29, 0.717) is 36.6 Å². The number of pyridine rings is 1. The summed E-state index contributed by atoms with van der Waals surface area (Å²) in [6, 6.07) is 13.5. The van der Waals surface area contributed by atoms with Crippen molar-refractivity contribution in [3.8, 4) is 0 Å². The number of nitrogen functional groups attached to an aromatic ring is 1. The molecule has 2 fully saturated rings. The summed E-state index contributed by atoms with van der Waals surface area (Å²) in [4.78, 5) is 32.7. The normalized spacial score (nSPS) is 24.3. The number of ether oxygens (including phenoxy) is 2. The van der Waals surface area contributed by atoms with E-state index in [1.165, 1.54) is 0 Å². The topological polar surface area (TPSA) is 107 Å². The second-order valence-corrected chi connectivity index (χ2v) is 10.9. The molecule has 7 rings (SSSR count). The van der Waals surface area contributed by atoms with Crippen molar-refractivity contribution < 1.29 is 19.1 Å². The lowest BCUT2D eigenvalue weighted by atomic mass is 9.84. The Morgan fingerprint density at radius 2 is 1.55 bits per heavy atom. The molecule has 3 N–H and O–H groups in total. The number of likely N-dealkylation sites (tertiary alicyclic amines) is 1. The number of hydrogen-bond donors (Lipinski definition) is 2. The SMILES string of the molecule is Cc1cc(N)nc(C)c1CNC(=O)c1ccc2c(c1)C1OC2c2ccc(C(=O)N3CC4CCC(C3)O4)cc21. The van der Waals surface area contributed by atoms with Crippen LogP contribution >= 0.6 is 0 Å². The van der Waals surface area contributed by atoms with Gasteiger partial charge in [-0.15, -0.1) is 0 Å². The first-order chi connectivity index (χ1) is 18.4. The van der Waals surface area contributed by atoms with E-state index < -0.39 is 0 Å². The highest BCUT2D eigenvalue weighted by Gasteiger charge is 2.44. The van der Waals surface area contributed by atoms with Crippen LogP contribution in [0.1, 0.15) is 84.8 Å². The summed E-state index contributed by atoms with van der Waals surface area (Å²) in [7, 11) is 0. The lowest BCUT2D eigenvalue weighted by Crippen LogP contribution is -2.45. The van der Waals surface area contributed by atoms with Crippen LogP contribution in [0.4, 0.5) is 5.82 Å². The van der Waals surface area contributed by atoms with E-state index >= 15 is 0 Å². The fourth-order valence-corrected chi connectivity index (χ4v) is 6.51. The quantitative estimate of drug-likeness (QED) is 0.554. The zero-order chi connectivity index (χ0) is 26.1. The van der Waals surface area contributed by atoms with Crippen LogP contribution in [0.3, 0.4) is 0 Å². The largest absolute Gasteiger partial charge is 0.384 e. The van der Waals surface area contributed by atoms with Crippen LogP contribution in [0.15, 0.2) is 42.5 Å². The number of carbonyl (C=O) groups excluding carboxylic acids is 2. The van der Waals surface area contributed by atoms with E-state index in [9.17, 15) is 9.59 Å². The minimum Gasteiger partial charge on any atom is -0.384 e. The molecule has 2 saturated heterocycles. The van der Waals surface area contributed by atoms with Crippen LogP contribution in [-0.2, 0) is 16.0 Å². The first-order valence-electron chi connectivity index (χ1n) is 13.2. The molecule has 5 heterocycles. The molecule has 0 spiro atoms. The van der Waals surface area contributed by atoms with Crippen molar-refractivity contribution in [3.05, 3.63) is 92.7 Å². The van der Waals surface area contributed by atoms with E-state index in [2.05, 4.69) is 10.3 Å². The summed E-state index contributed by atoms with van der Waals surface area (Å²) >= 11 is 0. The Kier molecular flexibility index (Phi) is 5.32. The van der Waals surface area contributed by atoms with Crippen LogP contribution < -0.4 is 11.1 Å². The van der Waals surface area contributed by atoms with Gasteiger partial charge in [0, 0.05) is 36.5 Å². The molecule has 0 saturated carbocycles. The Balaban J connectivity index is 1.11. The average Bonchev–Trinajstić information content (AvgIpc) is 3.58. The number of aromatic nitrogens is 1. The van der Waals surface area contributed by atoms with E-state index in [4.69, 9.17) is 15.2 Å². The average molecular weight is 511 g/mol. The number of benzene rings is 2. The molecule has 0 radical (unpaired) electrons. The Hall–Kier alpha value is -3.75. The fourth-order valence-electron chi connectivity index (χ4n) is 6.51. The van der Waals surface area contributed by atoms with E-state index in [0.717, 1.165) is 51.9 Å². The van der Waals surface area contributed by atoms with Gasteiger partial charge in [-0.2, -0.15) is 0 Å². The molecular weight excluding hydrogens is 480 g/mol. The van der Waals surface area contributed by atoms with Crippen molar-refractivity contribution in [1.82, 2.24) is 15.2 Å². The third-order valence-corrected chi connectivity index (χ3v) is 8.42. The number of nitrogens with one attached hydrogen (secondary N) is 1. The van der Waals surface area contributed by atoms with Crippen LogP contribution in [0.25, 0.3) is 0 Å². The monoisotopic (exact) mass is 510 g/mol. The van der Waals surface area contributed by atoms with Crippen LogP contribution in [0, 0.1) is 13.8 Å². The third kappa shape index (κ3) is 3.70. The van der Waals surface area contributed by atoms with Gasteiger partial charge in [-0.1, -0.05) is 12.1 Å². The molecule has 8 heteroatoms. The Labute approximate surface area is 221 Å². The van der Waals surface area contributed by atoms with Gasteiger partial charge in [0.15, 0.2) is 0 Å². The molecule has 2 aromatic carbocycles. The zero-order valence-electron chi connectivity index (χ0n) is 21.5.